The fourth-order valence-corrected chi connectivity index (χ4v) is 1.71. The minimum absolute atomic E-state index is 0.422. The first-order valence-corrected chi connectivity index (χ1v) is 5.82. The molecule has 0 spiro atoms. The van der Waals surface area contributed by atoms with Crippen LogP contribution in [0.4, 0.5) is 0 Å². The Morgan fingerprint density at radius 3 is 2.50 bits per heavy atom. The van der Waals surface area contributed by atoms with Gasteiger partial charge in [0.05, 0.1) is 0 Å². The Kier molecular flexibility index (Phi) is 2.76. The van der Waals surface area contributed by atoms with Crippen molar-refractivity contribution in [2.45, 2.75) is 0 Å². The maximum atomic E-state index is 5.80. The molecule has 3 rings (SSSR count). The van der Waals surface area contributed by atoms with Gasteiger partial charge in [0.25, 0.3) is 5.89 Å². The van der Waals surface area contributed by atoms with E-state index in [1.807, 2.05) is 36.4 Å². The van der Waals surface area contributed by atoms with Crippen LogP contribution in [0.25, 0.3) is 11.1 Å². The van der Waals surface area contributed by atoms with E-state index in [9.17, 15) is 0 Å². The molecule has 2 aromatic carbocycles. The number of oxazole rings is 1. The Bertz CT molecular complexity index is 714. The van der Waals surface area contributed by atoms with Crippen LogP contribution in [0, 0.1) is 11.8 Å². The lowest BCUT2D eigenvalue weighted by Crippen LogP contribution is -1.75. The standard InChI is InChI=1S/C15H8ClNO/c16-12-8-5-11(6-9-12)7-10-15-17-13-3-1-2-4-14(13)18-15/h1-6,8-9H. The molecule has 0 saturated carbocycles. The van der Waals surface area contributed by atoms with Crippen LogP contribution in [0.3, 0.4) is 0 Å². The molecule has 18 heavy (non-hydrogen) atoms. The first-order chi connectivity index (χ1) is 8.81. The van der Waals surface area contributed by atoms with Gasteiger partial charge in [-0.2, -0.15) is 0 Å². The maximum absolute atomic E-state index is 5.80. The molecule has 0 aliphatic carbocycles. The van der Waals surface area contributed by atoms with Crippen LogP contribution >= 0.6 is 11.6 Å². The van der Waals surface area contributed by atoms with E-state index < -0.39 is 0 Å². The zero-order valence-corrected chi connectivity index (χ0v) is 10.1. The summed E-state index contributed by atoms with van der Waals surface area (Å²) < 4.78 is 5.50. The molecule has 0 radical (unpaired) electrons. The third-order valence-electron chi connectivity index (χ3n) is 2.45. The van der Waals surface area contributed by atoms with Gasteiger partial charge in [0.2, 0.25) is 0 Å². The minimum atomic E-state index is 0.422. The van der Waals surface area contributed by atoms with Crippen molar-refractivity contribution in [1.29, 1.82) is 0 Å². The van der Waals surface area contributed by atoms with Gasteiger partial charge in [-0.05, 0) is 42.3 Å². The van der Waals surface area contributed by atoms with Crippen LogP contribution in [0.15, 0.2) is 52.9 Å². The van der Waals surface area contributed by atoms with Crippen molar-refractivity contribution in [3.63, 3.8) is 0 Å². The molecule has 0 unspecified atom stereocenters. The number of fused-ring (bicyclic) bond motifs is 1. The van der Waals surface area contributed by atoms with Crippen molar-refractivity contribution in [1.82, 2.24) is 4.98 Å². The van der Waals surface area contributed by atoms with Gasteiger partial charge in [-0.1, -0.05) is 29.7 Å². The molecular formula is C15H8ClNO. The number of hydrogen-bond donors (Lipinski definition) is 0. The normalized spacial score (nSPS) is 10.1. The highest BCUT2D eigenvalue weighted by Crippen LogP contribution is 2.14. The molecule has 0 amide bonds. The average molecular weight is 254 g/mol. The SMILES string of the molecule is Clc1ccc(C#Cc2nc3ccccc3o2)cc1. The van der Waals surface area contributed by atoms with Crippen molar-refractivity contribution in [3.8, 4) is 11.8 Å². The zero-order chi connectivity index (χ0) is 12.4. The summed E-state index contributed by atoms with van der Waals surface area (Å²) in [4.78, 5) is 4.28. The summed E-state index contributed by atoms with van der Waals surface area (Å²) in [5.74, 6) is 6.31. The van der Waals surface area contributed by atoms with Gasteiger partial charge in [-0.15, -0.1) is 0 Å². The number of benzene rings is 2. The molecule has 0 bridgehead atoms. The van der Waals surface area contributed by atoms with Gasteiger partial charge < -0.3 is 4.42 Å². The molecular weight excluding hydrogens is 246 g/mol. The van der Waals surface area contributed by atoms with Gasteiger partial charge in [0, 0.05) is 10.6 Å². The van der Waals surface area contributed by atoms with Crippen molar-refractivity contribution >= 4 is 22.7 Å². The molecule has 2 nitrogen and oxygen atoms in total. The van der Waals surface area contributed by atoms with E-state index in [1.165, 1.54) is 0 Å². The van der Waals surface area contributed by atoms with Crippen molar-refractivity contribution in [2.24, 2.45) is 0 Å². The molecule has 3 heteroatoms. The summed E-state index contributed by atoms with van der Waals surface area (Å²) in [6.45, 7) is 0. The minimum Gasteiger partial charge on any atom is -0.430 e. The van der Waals surface area contributed by atoms with E-state index in [1.54, 1.807) is 12.1 Å². The van der Waals surface area contributed by atoms with E-state index >= 15 is 0 Å². The fourth-order valence-electron chi connectivity index (χ4n) is 1.58. The predicted molar refractivity (Wildman–Crippen MR) is 71.4 cm³/mol. The Labute approximate surface area is 109 Å². The summed E-state index contributed by atoms with van der Waals surface area (Å²) in [6, 6.07) is 14.9. The Balaban J connectivity index is 1.95. The highest BCUT2D eigenvalue weighted by Gasteiger charge is 2.00. The molecule has 0 aliphatic heterocycles. The highest BCUT2D eigenvalue weighted by molar-refractivity contribution is 6.30. The number of rotatable bonds is 0. The second-order valence-electron chi connectivity index (χ2n) is 3.74. The number of hydrogen-bond acceptors (Lipinski definition) is 2. The van der Waals surface area contributed by atoms with Crippen LogP contribution in [0.1, 0.15) is 11.5 Å². The summed E-state index contributed by atoms with van der Waals surface area (Å²) in [7, 11) is 0. The van der Waals surface area contributed by atoms with Gasteiger partial charge in [0.15, 0.2) is 5.58 Å². The van der Waals surface area contributed by atoms with Crippen LogP contribution in [-0.2, 0) is 0 Å². The molecule has 3 aromatic rings. The number of halogens is 1. The molecule has 86 valence electrons. The Morgan fingerprint density at radius 1 is 0.944 bits per heavy atom. The van der Waals surface area contributed by atoms with Crippen molar-refractivity contribution in [3.05, 3.63) is 65.0 Å². The van der Waals surface area contributed by atoms with Gasteiger partial charge in [0.1, 0.15) is 5.52 Å². The molecule has 1 heterocycles. The van der Waals surface area contributed by atoms with Crippen LogP contribution < -0.4 is 0 Å². The van der Waals surface area contributed by atoms with Gasteiger partial charge in [-0.3, -0.25) is 0 Å². The topological polar surface area (TPSA) is 26.0 Å². The summed E-state index contributed by atoms with van der Waals surface area (Å²) in [5, 5.41) is 0.697. The average Bonchev–Trinajstić information content (AvgIpc) is 2.81. The van der Waals surface area contributed by atoms with Crippen molar-refractivity contribution in [2.75, 3.05) is 0 Å². The lowest BCUT2D eigenvalue weighted by atomic mass is 10.2. The molecule has 0 fully saturated rings. The molecule has 0 aliphatic rings. The molecule has 0 N–H and O–H groups in total. The lowest BCUT2D eigenvalue weighted by Gasteiger charge is -1.88. The second-order valence-corrected chi connectivity index (χ2v) is 4.18. The molecule has 1 aromatic heterocycles. The predicted octanol–water partition coefficient (Wildman–Crippen LogP) is 3.88. The van der Waals surface area contributed by atoms with E-state index in [4.69, 9.17) is 16.0 Å². The lowest BCUT2D eigenvalue weighted by molar-refractivity contribution is 0.586. The van der Waals surface area contributed by atoms with E-state index in [-0.39, 0.29) is 0 Å². The zero-order valence-electron chi connectivity index (χ0n) is 9.35. The van der Waals surface area contributed by atoms with E-state index in [0.29, 0.717) is 10.9 Å². The third kappa shape index (κ3) is 2.22. The fraction of sp³-hybridized carbons (Fsp3) is 0. The van der Waals surface area contributed by atoms with Gasteiger partial charge in [-0.25, -0.2) is 4.98 Å². The van der Waals surface area contributed by atoms with Crippen molar-refractivity contribution < 1.29 is 4.42 Å². The van der Waals surface area contributed by atoms with Crippen LogP contribution in [-0.4, -0.2) is 4.98 Å². The van der Waals surface area contributed by atoms with Crippen LogP contribution in [0.5, 0.6) is 0 Å². The second kappa shape index (κ2) is 4.56. The number of nitrogens with zero attached hydrogens (tertiary/aromatic N) is 1. The van der Waals surface area contributed by atoms with Gasteiger partial charge >= 0.3 is 0 Å². The smallest absolute Gasteiger partial charge is 0.274 e. The Hall–Kier alpha value is -2.24. The first-order valence-electron chi connectivity index (χ1n) is 5.44. The molecule has 0 saturated heterocycles. The highest BCUT2D eigenvalue weighted by atomic mass is 35.5. The summed E-state index contributed by atoms with van der Waals surface area (Å²) in [5.41, 5.74) is 2.44. The quantitative estimate of drug-likeness (QED) is 0.568. The van der Waals surface area contributed by atoms with Crippen LogP contribution in [0.2, 0.25) is 5.02 Å². The largest absolute Gasteiger partial charge is 0.430 e. The third-order valence-corrected chi connectivity index (χ3v) is 2.70. The summed E-state index contributed by atoms with van der Waals surface area (Å²) >= 11 is 5.80. The molecule has 0 atom stereocenters. The first kappa shape index (κ1) is 10.9. The number of para-hydroxylation sites is 2. The number of aromatic nitrogens is 1. The monoisotopic (exact) mass is 253 g/mol. The van der Waals surface area contributed by atoms with E-state index in [2.05, 4.69) is 16.8 Å². The summed E-state index contributed by atoms with van der Waals surface area (Å²) in [6.07, 6.45) is 0. The maximum Gasteiger partial charge on any atom is 0.274 e. The van der Waals surface area contributed by atoms with E-state index in [0.717, 1.165) is 16.7 Å². The Morgan fingerprint density at radius 2 is 1.72 bits per heavy atom.